The Kier molecular flexibility index (Phi) is 7.67. The van der Waals surface area contributed by atoms with Crippen LogP contribution in [0.2, 0.25) is 0 Å². The van der Waals surface area contributed by atoms with Crippen molar-refractivity contribution in [3.8, 4) is 11.6 Å². The van der Waals surface area contributed by atoms with Gasteiger partial charge in [-0.25, -0.2) is 9.78 Å². The van der Waals surface area contributed by atoms with Crippen LogP contribution in [0.1, 0.15) is 11.1 Å². The molecule has 1 aliphatic rings. The third kappa shape index (κ3) is 6.79. The number of urea groups is 1. The molecular formula is C25H28F3N7O2. The molecule has 12 heteroatoms. The van der Waals surface area contributed by atoms with E-state index in [9.17, 15) is 18.0 Å². The predicted octanol–water partition coefficient (Wildman–Crippen LogP) is 5.03. The number of benzene rings is 2. The first-order chi connectivity index (χ1) is 17.6. The van der Waals surface area contributed by atoms with Gasteiger partial charge in [0.1, 0.15) is 5.75 Å². The first kappa shape index (κ1) is 26.0. The van der Waals surface area contributed by atoms with Crippen molar-refractivity contribution in [1.29, 1.82) is 0 Å². The summed E-state index contributed by atoms with van der Waals surface area (Å²) in [4.78, 5) is 24.9. The molecule has 1 fully saturated rings. The number of ether oxygens (including phenoxy) is 1. The molecule has 9 nitrogen and oxygen atoms in total. The minimum absolute atomic E-state index is 0.0574. The average molecular weight is 516 g/mol. The fraction of sp³-hybridized carbons (Fsp3) is 0.320. The minimum atomic E-state index is -4.54. The van der Waals surface area contributed by atoms with Crippen molar-refractivity contribution >= 4 is 29.0 Å². The fourth-order valence-corrected chi connectivity index (χ4v) is 3.86. The van der Waals surface area contributed by atoms with Crippen molar-refractivity contribution in [1.82, 2.24) is 14.9 Å². The summed E-state index contributed by atoms with van der Waals surface area (Å²) in [7, 11) is 3.67. The first-order valence-corrected chi connectivity index (χ1v) is 11.6. The number of nitrogens with zero attached hydrogens (tertiary/aromatic N) is 4. The van der Waals surface area contributed by atoms with E-state index in [0.717, 1.165) is 30.8 Å². The van der Waals surface area contributed by atoms with E-state index < -0.39 is 17.8 Å². The van der Waals surface area contributed by atoms with Crippen molar-refractivity contribution < 1.29 is 22.7 Å². The van der Waals surface area contributed by atoms with Crippen LogP contribution in [0.5, 0.6) is 11.6 Å². The lowest BCUT2D eigenvalue weighted by atomic mass is 10.1. The molecule has 0 radical (unpaired) electrons. The average Bonchev–Trinajstić information content (AvgIpc) is 2.85. The number of rotatable bonds is 6. The van der Waals surface area contributed by atoms with Gasteiger partial charge in [-0.3, -0.25) is 0 Å². The van der Waals surface area contributed by atoms with Crippen molar-refractivity contribution in [2.45, 2.75) is 13.1 Å². The zero-order chi connectivity index (χ0) is 26.6. The van der Waals surface area contributed by atoms with Crippen LogP contribution in [0.15, 0.2) is 48.7 Å². The van der Waals surface area contributed by atoms with Crippen LogP contribution in [0.4, 0.5) is 41.0 Å². The molecule has 37 heavy (non-hydrogen) atoms. The van der Waals surface area contributed by atoms with E-state index in [-0.39, 0.29) is 5.69 Å². The van der Waals surface area contributed by atoms with Crippen LogP contribution < -0.4 is 25.6 Å². The van der Waals surface area contributed by atoms with Gasteiger partial charge in [0, 0.05) is 62.6 Å². The maximum Gasteiger partial charge on any atom is 0.416 e. The summed E-state index contributed by atoms with van der Waals surface area (Å²) < 4.78 is 46.5. The SMILES string of the molecule is CNc1nccc(Oc2ccc(NC(=O)Nc3cc(N4CCN(C)CC4)cc(C(F)(F)F)c3)cc2C)n1. The Labute approximate surface area is 212 Å². The quantitative estimate of drug-likeness (QED) is 0.424. The number of amides is 2. The number of piperazine rings is 1. The summed E-state index contributed by atoms with van der Waals surface area (Å²) in [5.41, 5.74) is 0.831. The highest BCUT2D eigenvalue weighted by molar-refractivity contribution is 6.00. The minimum Gasteiger partial charge on any atom is -0.439 e. The van der Waals surface area contributed by atoms with Gasteiger partial charge in [0.15, 0.2) is 0 Å². The summed E-state index contributed by atoms with van der Waals surface area (Å²) in [6, 6.07) is 9.55. The lowest BCUT2D eigenvalue weighted by Crippen LogP contribution is -2.44. The normalized spacial score (nSPS) is 14.3. The molecule has 3 N–H and O–H groups in total. The number of likely N-dealkylation sites (N-methyl/N-ethyl adjacent to an activating group) is 1. The molecule has 0 saturated carbocycles. The van der Waals surface area contributed by atoms with E-state index in [4.69, 9.17) is 4.74 Å². The number of carbonyl (C=O) groups is 1. The molecule has 0 spiro atoms. The molecule has 0 atom stereocenters. The Bertz CT molecular complexity index is 1260. The molecular weight excluding hydrogens is 487 g/mol. The third-order valence-electron chi connectivity index (χ3n) is 5.87. The Hall–Kier alpha value is -4.06. The largest absolute Gasteiger partial charge is 0.439 e. The Morgan fingerprint density at radius 3 is 2.41 bits per heavy atom. The van der Waals surface area contributed by atoms with Crippen LogP contribution in [-0.2, 0) is 6.18 Å². The fourth-order valence-electron chi connectivity index (χ4n) is 3.86. The van der Waals surface area contributed by atoms with Crippen molar-refractivity contribution in [2.75, 3.05) is 61.1 Å². The number of hydrogen-bond acceptors (Lipinski definition) is 7. The molecule has 1 aromatic heterocycles. The standard InChI is InChI=1S/C25H28F3N7O2/c1-16-12-18(4-5-21(16)37-22-6-7-30-23(29-2)33-22)31-24(36)32-19-13-17(25(26,27)28)14-20(15-19)35-10-8-34(3)9-11-35/h4-7,12-15H,8-11H2,1-3H3,(H,29,30,33)(H2,31,32,36). The van der Waals surface area contributed by atoms with Crippen LogP contribution in [0.3, 0.4) is 0 Å². The highest BCUT2D eigenvalue weighted by Crippen LogP contribution is 2.35. The summed E-state index contributed by atoms with van der Waals surface area (Å²) in [5.74, 6) is 1.29. The molecule has 0 aliphatic carbocycles. The van der Waals surface area contributed by atoms with E-state index in [1.165, 1.54) is 0 Å². The molecule has 2 amide bonds. The second kappa shape index (κ2) is 10.9. The molecule has 0 bridgehead atoms. The number of halogens is 3. The van der Waals surface area contributed by atoms with E-state index in [2.05, 4.69) is 30.8 Å². The van der Waals surface area contributed by atoms with Crippen LogP contribution in [0.25, 0.3) is 0 Å². The lowest BCUT2D eigenvalue weighted by molar-refractivity contribution is -0.137. The Morgan fingerprint density at radius 2 is 1.73 bits per heavy atom. The summed E-state index contributed by atoms with van der Waals surface area (Å²) in [6.07, 6.45) is -2.98. The summed E-state index contributed by atoms with van der Waals surface area (Å²) in [5, 5.41) is 8.03. The van der Waals surface area contributed by atoms with E-state index in [1.807, 2.05) is 11.9 Å². The summed E-state index contributed by atoms with van der Waals surface area (Å²) in [6.45, 7) is 4.48. The number of hydrogen-bond donors (Lipinski definition) is 3. The molecule has 4 rings (SSSR count). The first-order valence-electron chi connectivity index (χ1n) is 11.6. The van der Waals surface area contributed by atoms with Gasteiger partial charge in [0.05, 0.1) is 5.56 Å². The number of alkyl halides is 3. The van der Waals surface area contributed by atoms with Gasteiger partial charge in [-0.05, 0) is 55.9 Å². The second-order valence-corrected chi connectivity index (χ2v) is 8.69. The van der Waals surface area contributed by atoms with Gasteiger partial charge in [-0.1, -0.05) is 0 Å². The number of aromatic nitrogens is 2. The maximum atomic E-state index is 13.6. The van der Waals surface area contributed by atoms with Gasteiger partial charge in [-0.2, -0.15) is 18.2 Å². The molecule has 2 aromatic carbocycles. The van der Waals surface area contributed by atoms with E-state index in [1.54, 1.807) is 50.5 Å². The molecule has 196 valence electrons. The zero-order valence-electron chi connectivity index (χ0n) is 20.7. The van der Waals surface area contributed by atoms with E-state index in [0.29, 0.717) is 42.0 Å². The smallest absolute Gasteiger partial charge is 0.416 e. The van der Waals surface area contributed by atoms with Crippen molar-refractivity contribution in [3.63, 3.8) is 0 Å². The lowest BCUT2D eigenvalue weighted by Gasteiger charge is -2.34. The number of aryl methyl sites for hydroxylation is 1. The van der Waals surface area contributed by atoms with Gasteiger partial charge >= 0.3 is 12.2 Å². The topological polar surface area (TPSA) is 94.6 Å². The van der Waals surface area contributed by atoms with Gasteiger partial charge < -0.3 is 30.5 Å². The van der Waals surface area contributed by atoms with Crippen LogP contribution in [0, 0.1) is 6.92 Å². The number of carbonyl (C=O) groups excluding carboxylic acids is 1. The molecule has 1 saturated heterocycles. The van der Waals surface area contributed by atoms with Gasteiger partial charge in [0.2, 0.25) is 11.8 Å². The van der Waals surface area contributed by atoms with Crippen LogP contribution >= 0.6 is 0 Å². The van der Waals surface area contributed by atoms with Gasteiger partial charge in [-0.15, -0.1) is 0 Å². The highest BCUT2D eigenvalue weighted by atomic mass is 19.4. The molecule has 2 heterocycles. The third-order valence-corrected chi connectivity index (χ3v) is 5.87. The van der Waals surface area contributed by atoms with Gasteiger partial charge in [0.25, 0.3) is 0 Å². The number of nitrogens with one attached hydrogen (secondary N) is 3. The maximum absolute atomic E-state index is 13.6. The Morgan fingerprint density at radius 1 is 1.00 bits per heavy atom. The van der Waals surface area contributed by atoms with Crippen LogP contribution in [-0.4, -0.2) is 61.2 Å². The van der Waals surface area contributed by atoms with Crippen molar-refractivity contribution in [3.05, 3.63) is 59.8 Å². The Balaban J connectivity index is 1.46. The second-order valence-electron chi connectivity index (χ2n) is 8.69. The van der Waals surface area contributed by atoms with Crippen molar-refractivity contribution in [2.24, 2.45) is 0 Å². The summed E-state index contributed by atoms with van der Waals surface area (Å²) >= 11 is 0. The zero-order valence-corrected chi connectivity index (χ0v) is 20.7. The molecule has 0 unspecified atom stereocenters. The van der Waals surface area contributed by atoms with E-state index >= 15 is 0 Å². The number of anilines is 4. The predicted molar refractivity (Wildman–Crippen MR) is 137 cm³/mol. The molecule has 3 aromatic rings. The molecule has 1 aliphatic heterocycles. The monoisotopic (exact) mass is 515 g/mol. The highest BCUT2D eigenvalue weighted by Gasteiger charge is 2.32.